The fourth-order valence-electron chi connectivity index (χ4n) is 4.59. The smallest absolute Gasteiger partial charge is 0.306 e. The summed E-state index contributed by atoms with van der Waals surface area (Å²) in [6, 6.07) is 7.58. The lowest BCUT2D eigenvalue weighted by molar-refractivity contribution is -0.143. The number of hydrogen-bond acceptors (Lipinski definition) is 8. The minimum atomic E-state index is -3.79. The molecular formula is C30H43N5O5S. The van der Waals surface area contributed by atoms with Gasteiger partial charge in [-0.2, -0.15) is 4.31 Å². The van der Waals surface area contributed by atoms with Crippen molar-refractivity contribution in [2.45, 2.75) is 90.6 Å². The maximum atomic E-state index is 13.4. The van der Waals surface area contributed by atoms with Crippen molar-refractivity contribution in [2.24, 2.45) is 0 Å². The van der Waals surface area contributed by atoms with Gasteiger partial charge in [0.1, 0.15) is 17.3 Å². The molecule has 3 aromatic rings. The molecule has 1 aliphatic heterocycles. The molecule has 0 radical (unpaired) electrons. The summed E-state index contributed by atoms with van der Waals surface area (Å²) in [6.07, 6.45) is 8.60. The lowest BCUT2D eigenvalue weighted by Crippen LogP contribution is -2.32. The number of hydrogen-bond donors (Lipinski definition) is 0. The van der Waals surface area contributed by atoms with E-state index < -0.39 is 10.0 Å². The molecule has 0 aliphatic carbocycles. The van der Waals surface area contributed by atoms with Crippen molar-refractivity contribution in [1.82, 2.24) is 24.3 Å². The molecule has 1 aliphatic rings. The van der Waals surface area contributed by atoms with E-state index in [1.807, 2.05) is 36.0 Å². The van der Waals surface area contributed by atoms with Gasteiger partial charge in [0.2, 0.25) is 10.0 Å². The van der Waals surface area contributed by atoms with E-state index in [1.165, 1.54) is 23.1 Å². The summed E-state index contributed by atoms with van der Waals surface area (Å²) in [4.78, 5) is 16.5. The van der Waals surface area contributed by atoms with Crippen LogP contribution in [0.3, 0.4) is 0 Å². The Kier molecular flexibility index (Phi) is 12.3. The Labute approximate surface area is 244 Å². The van der Waals surface area contributed by atoms with Gasteiger partial charge in [0.15, 0.2) is 0 Å². The third kappa shape index (κ3) is 8.84. The fourth-order valence-corrected chi connectivity index (χ4v) is 6.07. The number of nitrogens with zero attached hydrogens (tertiary/aromatic N) is 5. The fraction of sp³-hybridized carbons (Fsp3) is 0.533. The number of sulfonamides is 1. The van der Waals surface area contributed by atoms with Crippen LogP contribution < -0.4 is 4.74 Å². The van der Waals surface area contributed by atoms with Gasteiger partial charge in [-0.3, -0.25) is 14.5 Å². The van der Waals surface area contributed by atoms with E-state index in [-0.39, 0.29) is 42.9 Å². The molecular weight excluding hydrogens is 542 g/mol. The molecule has 3 heterocycles. The highest BCUT2D eigenvalue weighted by atomic mass is 32.2. The summed E-state index contributed by atoms with van der Waals surface area (Å²) in [6.45, 7) is 11.9. The Morgan fingerprint density at radius 2 is 1.95 bits per heavy atom. The lowest BCUT2D eigenvalue weighted by atomic mass is 9.88. The number of carbonyl (C=O) groups is 1. The molecule has 1 aromatic carbocycles. The molecule has 0 saturated heterocycles. The van der Waals surface area contributed by atoms with Crippen LogP contribution >= 0.6 is 0 Å². The summed E-state index contributed by atoms with van der Waals surface area (Å²) < 4.78 is 41.0. The van der Waals surface area contributed by atoms with Gasteiger partial charge in [0.25, 0.3) is 0 Å². The number of benzene rings is 1. The molecule has 0 N–H and O–H groups in total. The largest absolute Gasteiger partial charge is 0.491 e. The summed E-state index contributed by atoms with van der Waals surface area (Å²) in [5, 5.41) is 8.45. The molecule has 11 heteroatoms. The quantitative estimate of drug-likeness (QED) is 0.287. The Morgan fingerprint density at radius 1 is 1.17 bits per heavy atom. The SMILES string of the molecule is CCC.CCCn1cc(CCC(CC(=O)OCC)c2ccc(C)c(CN3CCOc4ccncc4S3(=O)=O)c2)nn1. The first kappa shape index (κ1) is 32.2. The molecule has 0 bridgehead atoms. The van der Waals surface area contributed by atoms with Crippen LogP contribution in [-0.2, 0) is 39.1 Å². The van der Waals surface area contributed by atoms with Crippen molar-refractivity contribution in [2.75, 3.05) is 19.8 Å². The molecule has 0 amide bonds. The molecule has 0 spiro atoms. The van der Waals surface area contributed by atoms with Crippen LogP contribution in [0.1, 0.15) is 81.7 Å². The van der Waals surface area contributed by atoms with Crippen LogP contribution in [0, 0.1) is 6.92 Å². The first-order valence-electron chi connectivity index (χ1n) is 14.4. The Balaban J connectivity index is 0.00000147. The van der Waals surface area contributed by atoms with E-state index in [1.54, 1.807) is 13.0 Å². The van der Waals surface area contributed by atoms with Crippen LogP contribution in [0.5, 0.6) is 5.75 Å². The maximum absolute atomic E-state index is 13.4. The Bertz CT molecular complexity index is 1380. The van der Waals surface area contributed by atoms with Gasteiger partial charge in [-0.15, -0.1) is 5.10 Å². The van der Waals surface area contributed by atoms with Crippen LogP contribution in [0.2, 0.25) is 0 Å². The second-order valence-corrected chi connectivity index (χ2v) is 12.0. The standard InChI is InChI=1S/C27H35N5O5S.C3H8/c1-4-12-31-19-24(29-30-31)9-8-22(16-27(33)36-5-2)21-7-6-20(3)23(15-21)18-32-13-14-37-25-10-11-28-17-26(25)38(32,34)35;1-3-2/h6-7,10-11,15,17,19,22H,4-5,8-9,12-14,16,18H2,1-3H3;3H2,1-2H3. The van der Waals surface area contributed by atoms with Crippen molar-refractivity contribution >= 4 is 16.0 Å². The van der Waals surface area contributed by atoms with Crippen LogP contribution in [-0.4, -0.2) is 58.4 Å². The summed E-state index contributed by atoms with van der Waals surface area (Å²) in [5.74, 6) is -0.0531. The molecule has 2 aromatic heterocycles. The van der Waals surface area contributed by atoms with E-state index in [4.69, 9.17) is 9.47 Å². The van der Waals surface area contributed by atoms with Gasteiger partial charge in [0.05, 0.1) is 24.9 Å². The molecule has 1 atom stereocenters. The molecule has 41 heavy (non-hydrogen) atoms. The van der Waals surface area contributed by atoms with E-state index in [2.05, 4.69) is 36.1 Å². The van der Waals surface area contributed by atoms with Gasteiger partial charge in [-0.1, -0.05) is 50.6 Å². The third-order valence-corrected chi connectivity index (χ3v) is 8.51. The summed E-state index contributed by atoms with van der Waals surface area (Å²) >= 11 is 0. The van der Waals surface area contributed by atoms with E-state index in [9.17, 15) is 13.2 Å². The van der Waals surface area contributed by atoms with Crippen molar-refractivity contribution < 1.29 is 22.7 Å². The average molecular weight is 586 g/mol. The first-order chi connectivity index (χ1) is 19.7. The number of fused-ring (bicyclic) bond motifs is 1. The number of pyridine rings is 1. The second kappa shape index (κ2) is 15.6. The Hall–Kier alpha value is -3.31. The van der Waals surface area contributed by atoms with Gasteiger partial charge in [-0.25, -0.2) is 8.42 Å². The predicted octanol–water partition coefficient (Wildman–Crippen LogP) is 5.06. The molecule has 1 unspecified atom stereocenters. The van der Waals surface area contributed by atoms with Crippen LogP contribution in [0.15, 0.2) is 47.8 Å². The van der Waals surface area contributed by atoms with E-state index in [0.717, 1.165) is 35.3 Å². The van der Waals surface area contributed by atoms with Gasteiger partial charge >= 0.3 is 5.97 Å². The van der Waals surface area contributed by atoms with Crippen molar-refractivity contribution in [3.8, 4) is 5.75 Å². The second-order valence-electron chi connectivity index (χ2n) is 10.1. The summed E-state index contributed by atoms with van der Waals surface area (Å²) in [7, 11) is -3.79. The summed E-state index contributed by atoms with van der Waals surface area (Å²) in [5.41, 5.74) is 3.69. The number of aromatic nitrogens is 4. The number of aryl methyl sites for hydroxylation is 3. The first-order valence-corrected chi connectivity index (χ1v) is 15.9. The topological polar surface area (TPSA) is 117 Å². The highest BCUT2D eigenvalue weighted by Gasteiger charge is 2.31. The van der Waals surface area contributed by atoms with Crippen LogP contribution in [0.25, 0.3) is 0 Å². The molecule has 224 valence electrons. The number of esters is 1. The normalized spacial score (nSPS) is 15.0. The number of carbonyl (C=O) groups excluding carboxylic acids is 1. The van der Waals surface area contributed by atoms with Gasteiger partial charge in [0, 0.05) is 32.0 Å². The number of rotatable bonds is 11. The third-order valence-electron chi connectivity index (χ3n) is 6.66. The molecule has 4 rings (SSSR count). The van der Waals surface area contributed by atoms with Gasteiger partial charge < -0.3 is 9.47 Å². The number of ether oxygens (including phenoxy) is 2. The Morgan fingerprint density at radius 3 is 2.68 bits per heavy atom. The van der Waals surface area contributed by atoms with Crippen molar-refractivity contribution in [1.29, 1.82) is 0 Å². The maximum Gasteiger partial charge on any atom is 0.306 e. The van der Waals surface area contributed by atoms with E-state index in [0.29, 0.717) is 25.2 Å². The zero-order chi connectivity index (χ0) is 29.8. The average Bonchev–Trinajstić information content (AvgIpc) is 3.35. The zero-order valence-corrected chi connectivity index (χ0v) is 25.7. The molecule has 0 fully saturated rings. The van der Waals surface area contributed by atoms with Crippen molar-refractivity contribution in [3.63, 3.8) is 0 Å². The van der Waals surface area contributed by atoms with Crippen LogP contribution in [0.4, 0.5) is 0 Å². The highest BCUT2D eigenvalue weighted by Crippen LogP contribution is 2.32. The minimum absolute atomic E-state index is 0.0719. The van der Waals surface area contributed by atoms with E-state index >= 15 is 0 Å². The highest BCUT2D eigenvalue weighted by molar-refractivity contribution is 7.89. The lowest BCUT2D eigenvalue weighted by Gasteiger charge is -2.22. The zero-order valence-electron chi connectivity index (χ0n) is 24.9. The predicted molar refractivity (Wildman–Crippen MR) is 157 cm³/mol. The molecule has 10 nitrogen and oxygen atoms in total. The van der Waals surface area contributed by atoms with Crippen molar-refractivity contribution in [3.05, 3.63) is 65.2 Å². The minimum Gasteiger partial charge on any atom is -0.491 e. The monoisotopic (exact) mass is 585 g/mol. The molecule has 0 saturated carbocycles. The van der Waals surface area contributed by atoms with Gasteiger partial charge in [-0.05, 0) is 61.8 Å².